The van der Waals surface area contributed by atoms with Gasteiger partial charge >= 0.3 is 5.97 Å². The van der Waals surface area contributed by atoms with Crippen molar-refractivity contribution in [1.82, 2.24) is 0 Å². The Labute approximate surface area is 147 Å². The van der Waals surface area contributed by atoms with Crippen molar-refractivity contribution < 1.29 is 24.2 Å². The van der Waals surface area contributed by atoms with E-state index in [1.54, 1.807) is 37.4 Å². The summed E-state index contributed by atoms with van der Waals surface area (Å²) < 4.78 is 10.7. The molecule has 0 fully saturated rings. The summed E-state index contributed by atoms with van der Waals surface area (Å²) in [7, 11) is 1.55. The average Bonchev–Trinajstić information content (AvgIpc) is 2.57. The van der Waals surface area contributed by atoms with Crippen LogP contribution >= 0.6 is 15.9 Å². The van der Waals surface area contributed by atoms with Gasteiger partial charge in [-0.25, -0.2) is 4.79 Å². The van der Waals surface area contributed by atoms with Crippen LogP contribution in [0, 0.1) is 0 Å². The van der Waals surface area contributed by atoms with Crippen LogP contribution in [-0.4, -0.2) is 30.2 Å². The van der Waals surface area contributed by atoms with Crippen LogP contribution in [0.5, 0.6) is 11.5 Å². The Balaban J connectivity index is 2.00. The maximum absolute atomic E-state index is 12.1. The summed E-state index contributed by atoms with van der Waals surface area (Å²) in [5.74, 6) is -0.822. The van der Waals surface area contributed by atoms with Crippen LogP contribution in [0.1, 0.15) is 17.3 Å². The molecule has 0 bridgehead atoms. The first-order chi connectivity index (χ1) is 11.4. The Morgan fingerprint density at radius 2 is 1.83 bits per heavy atom. The van der Waals surface area contributed by atoms with Gasteiger partial charge in [0.25, 0.3) is 5.91 Å². The van der Waals surface area contributed by atoms with E-state index in [1.807, 2.05) is 0 Å². The summed E-state index contributed by atoms with van der Waals surface area (Å²) in [6.07, 6.45) is -1.03. The molecule has 0 saturated heterocycles. The molecule has 1 atom stereocenters. The fourth-order valence-electron chi connectivity index (χ4n) is 1.87. The smallest absolute Gasteiger partial charge is 0.342 e. The lowest BCUT2D eigenvalue weighted by Crippen LogP contribution is -2.30. The molecule has 126 valence electrons. The Morgan fingerprint density at radius 1 is 1.17 bits per heavy atom. The molecular weight excluding hydrogens is 378 g/mol. The normalized spacial score (nSPS) is 11.5. The summed E-state index contributed by atoms with van der Waals surface area (Å²) in [5, 5.41) is 12.3. The van der Waals surface area contributed by atoms with Gasteiger partial charge in [0.05, 0.1) is 7.11 Å². The maximum atomic E-state index is 12.1. The molecule has 0 aliphatic rings. The van der Waals surface area contributed by atoms with E-state index >= 15 is 0 Å². The second-order valence-corrected chi connectivity index (χ2v) is 5.84. The van der Waals surface area contributed by atoms with Crippen LogP contribution in [0.15, 0.2) is 46.9 Å². The minimum absolute atomic E-state index is 0.0199. The summed E-state index contributed by atoms with van der Waals surface area (Å²) in [6, 6.07) is 11.1. The van der Waals surface area contributed by atoms with Crippen molar-refractivity contribution in [3.8, 4) is 11.5 Å². The fraction of sp³-hybridized carbons (Fsp3) is 0.176. The third kappa shape index (κ3) is 4.48. The number of hydrogen-bond donors (Lipinski definition) is 2. The van der Waals surface area contributed by atoms with Crippen LogP contribution < -0.4 is 10.1 Å². The van der Waals surface area contributed by atoms with E-state index in [2.05, 4.69) is 21.2 Å². The van der Waals surface area contributed by atoms with E-state index in [0.717, 1.165) is 0 Å². The molecular formula is C17H16BrNO5. The van der Waals surface area contributed by atoms with E-state index in [-0.39, 0.29) is 11.3 Å². The number of hydrogen-bond acceptors (Lipinski definition) is 5. The second-order valence-electron chi connectivity index (χ2n) is 4.93. The predicted octanol–water partition coefficient (Wildman–Crippen LogP) is 3.35. The van der Waals surface area contributed by atoms with Gasteiger partial charge in [-0.3, -0.25) is 4.79 Å². The first-order valence-corrected chi connectivity index (χ1v) is 7.84. The highest BCUT2D eigenvalue weighted by Crippen LogP contribution is 2.23. The van der Waals surface area contributed by atoms with Crippen molar-refractivity contribution in [2.75, 3.05) is 12.4 Å². The Morgan fingerprint density at radius 3 is 2.46 bits per heavy atom. The molecule has 7 heteroatoms. The maximum Gasteiger partial charge on any atom is 0.342 e. The third-order valence-corrected chi connectivity index (χ3v) is 3.68. The summed E-state index contributed by atoms with van der Waals surface area (Å²) in [5.41, 5.74) is 0.530. The van der Waals surface area contributed by atoms with Crippen LogP contribution in [0.4, 0.5) is 5.69 Å². The number of benzene rings is 2. The van der Waals surface area contributed by atoms with Crippen molar-refractivity contribution in [2.24, 2.45) is 0 Å². The van der Waals surface area contributed by atoms with E-state index in [4.69, 9.17) is 9.47 Å². The summed E-state index contributed by atoms with van der Waals surface area (Å²) in [6.45, 7) is 1.45. The Bertz CT molecular complexity index is 745. The molecule has 0 aliphatic carbocycles. The molecule has 6 nitrogen and oxygen atoms in total. The molecule has 0 aliphatic heterocycles. The number of carbonyl (C=O) groups is 2. The number of phenols is 1. The van der Waals surface area contributed by atoms with Gasteiger partial charge in [-0.15, -0.1) is 0 Å². The van der Waals surface area contributed by atoms with Gasteiger partial charge < -0.3 is 19.9 Å². The topological polar surface area (TPSA) is 84.9 Å². The highest BCUT2D eigenvalue weighted by molar-refractivity contribution is 9.10. The van der Waals surface area contributed by atoms with Crippen molar-refractivity contribution >= 4 is 33.5 Å². The van der Waals surface area contributed by atoms with Crippen LogP contribution in [-0.2, 0) is 9.53 Å². The molecule has 0 heterocycles. The molecule has 2 aromatic rings. The van der Waals surface area contributed by atoms with Gasteiger partial charge in [0.2, 0.25) is 0 Å². The van der Waals surface area contributed by atoms with Gasteiger partial charge in [-0.1, -0.05) is 15.9 Å². The first-order valence-electron chi connectivity index (χ1n) is 7.05. The zero-order valence-corrected chi connectivity index (χ0v) is 14.7. The Kier molecular flexibility index (Phi) is 5.81. The number of esters is 1. The fourth-order valence-corrected chi connectivity index (χ4v) is 2.23. The number of aromatic hydroxyl groups is 1. The van der Waals surface area contributed by atoms with Crippen molar-refractivity contribution in [3.63, 3.8) is 0 Å². The van der Waals surface area contributed by atoms with Crippen molar-refractivity contribution in [3.05, 3.63) is 52.5 Å². The Hall–Kier alpha value is -2.54. The quantitative estimate of drug-likeness (QED) is 0.760. The lowest BCUT2D eigenvalue weighted by Gasteiger charge is -2.14. The number of methoxy groups -OCH3 is 1. The van der Waals surface area contributed by atoms with Crippen molar-refractivity contribution in [1.29, 1.82) is 0 Å². The van der Waals surface area contributed by atoms with Gasteiger partial charge in [0, 0.05) is 10.2 Å². The summed E-state index contributed by atoms with van der Waals surface area (Å²) >= 11 is 3.21. The second kappa shape index (κ2) is 7.83. The zero-order chi connectivity index (χ0) is 17.7. The number of carbonyl (C=O) groups excluding carboxylic acids is 2. The van der Waals surface area contributed by atoms with E-state index in [1.165, 1.54) is 19.1 Å². The predicted molar refractivity (Wildman–Crippen MR) is 92.3 cm³/mol. The van der Waals surface area contributed by atoms with E-state index in [9.17, 15) is 14.7 Å². The minimum atomic E-state index is -1.03. The van der Waals surface area contributed by atoms with E-state index in [0.29, 0.717) is 15.9 Å². The highest BCUT2D eigenvalue weighted by Gasteiger charge is 2.21. The van der Waals surface area contributed by atoms with Crippen LogP contribution in [0.3, 0.4) is 0 Å². The molecule has 0 saturated carbocycles. The van der Waals surface area contributed by atoms with E-state index < -0.39 is 18.0 Å². The average molecular weight is 394 g/mol. The number of phenolic OH excluding ortho intramolecular Hbond substituents is 1. The van der Waals surface area contributed by atoms with Crippen LogP contribution in [0.2, 0.25) is 0 Å². The number of anilines is 1. The van der Waals surface area contributed by atoms with Gasteiger partial charge in [0.15, 0.2) is 6.10 Å². The molecule has 0 spiro atoms. The van der Waals surface area contributed by atoms with Gasteiger partial charge in [-0.05, 0) is 49.4 Å². The SMILES string of the molecule is COc1ccc(NC(=O)C(C)OC(=O)c2cc(Br)ccc2O)cc1. The lowest BCUT2D eigenvalue weighted by molar-refractivity contribution is -0.123. The first kappa shape index (κ1) is 17.8. The molecule has 1 amide bonds. The molecule has 0 radical (unpaired) electrons. The largest absolute Gasteiger partial charge is 0.507 e. The molecule has 2 aromatic carbocycles. The highest BCUT2D eigenvalue weighted by atomic mass is 79.9. The number of amides is 1. The standard InChI is InChI=1S/C17H16BrNO5/c1-10(16(21)19-12-4-6-13(23-2)7-5-12)24-17(22)14-9-11(18)3-8-15(14)20/h3-10,20H,1-2H3,(H,19,21). The lowest BCUT2D eigenvalue weighted by atomic mass is 10.2. The number of nitrogens with one attached hydrogen (secondary N) is 1. The monoisotopic (exact) mass is 393 g/mol. The number of rotatable bonds is 5. The number of halogens is 1. The molecule has 2 N–H and O–H groups in total. The third-order valence-electron chi connectivity index (χ3n) is 3.19. The van der Waals surface area contributed by atoms with Gasteiger partial charge in [-0.2, -0.15) is 0 Å². The zero-order valence-electron chi connectivity index (χ0n) is 13.1. The van der Waals surface area contributed by atoms with Crippen LogP contribution in [0.25, 0.3) is 0 Å². The molecule has 1 unspecified atom stereocenters. The molecule has 2 rings (SSSR count). The number of ether oxygens (including phenoxy) is 2. The molecule has 0 aromatic heterocycles. The van der Waals surface area contributed by atoms with Gasteiger partial charge in [0.1, 0.15) is 17.1 Å². The minimum Gasteiger partial charge on any atom is -0.507 e. The van der Waals surface area contributed by atoms with Crippen molar-refractivity contribution in [2.45, 2.75) is 13.0 Å². The summed E-state index contributed by atoms with van der Waals surface area (Å²) in [4.78, 5) is 24.2. The molecule has 24 heavy (non-hydrogen) atoms.